The largest absolute Gasteiger partial charge is 0.334 e. The number of likely N-dealkylation sites (tertiary alicyclic amines) is 1. The van der Waals surface area contributed by atoms with Crippen LogP contribution in [0.1, 0.15) is 80.9 Å². The average Bonchev–Trinajstić information content (AvgIpc) is 2.77. The van der Waals surface area contributed by atoms with Crippen LogP contribution < -0.4 is 0 Å². The lowest BCUT2D eigenvalue weighted by Gasteiger charge is -2.38. The number of amides is 1. The van der Waals surface area contributed by atoms with Gasteiger partial charge in [-0.15, -0.1) is 0 Å². The molecule has 1 saturated heterocycles. The van der Waals surface area contributed by atoms with Gasteiger partial charge in [0.15, 0.2) is 0 Å². The molecule has 3 rings (SSSR count). The molecule has 1 aliphatic carbocycles. The Morgan fingerprint density at radius 2 is 1.86 bits per heavy atom. The van der Waals surface area contributed by atoms with E-state index in [0.29, 0.717) is 12.0 Å². The van der Waals surface area contributed by atoms with E-state index in [2.05, 4.69) is 23.8 Å². The summed E-state index contributed by atoms with van der Waals surface area (Å²) in [5.74, 6) is 1.28. The molecule has 1 aromatic rings. The van der Waals surface area contributed by atoms with Crippen molar-refractivity contribution >= 4 is 5.91 Å². The topological polar surface area (TPSA) is 38.1 Å². The number of nitrogens with zero attached hydrogens (tertiary/aromatic N) is 3. The van der Waals surface area contributed by atoms with E-state index in [1.54, 1.807) is 4.68 Å². The van der Waals surface area contributed by atoms with Crippen molar-refractivity contribution in [1.82, 2.24) is 14.7 Å². The van der Waals surface area contributed by atoms with Crippen LogP contribution in [-0.4, -0.2) is 33.2 Å². The number of carbonyl (C=O) groups excluding carboxylic acids is 1. The zero-order valence-electron chi connectivity index (χ0n) is 14.2. The van der Waals surface area contributed by atoms with Gasteiger partial charge in [0.05, 0.1) is 5.69 Å². The molecule has 1 amide bonds. The van der Waals surface area contributed by atoms with Gasteiger partial charge in [-0.25, -0.2) is 0 Å². The summed E-state index contributed by atoms with van der Waals surface area (Å²) in [7, 11) is 1.90. The molecular weight excluding hydrogens is 274 g/mol. The molecule has 2 aliphatic rings. The summed E-state index contributed by atoms with van der Waals surface area (Å²) in [6.45, 7) is 5.17. The third-order valence-electron chi connectivity index (χ3n) is 5.46. The van der Waals surface area contributed by atoms with Crippen LogP contribution in [0, 0.1) is 5.92 Å². The Morgan fingerprint density at radius 1 is 1.18 bits per heavy atom. The summed E-state index contributed by atoms with van der Waals surface area (Å²) in [6, 6.07) is 2.46. The molecule has 4 nitrogen and oxygen atoms in total. The van der Waals surface area contributed by atoms with Gasteiger partial charge in [0.2, 0.25) is 0 Å². The maximum absolute atomic E-state index is 13.1. The standard InChI is InChI=1S/C18H29N3O/c1-13(2)15-12-17(20(3)19-15)18(22)21-11-7-6-9-14-8-4-5-10-16(14)21/h12-14,16H,4-11H2,1-3H3/t14-,16-/m1/s1. The predicted octanol–water partition coefficient (Wildman–Crippen LogP) is 3.73. The minimum Gasteiger partial charge on any atom is -0.334 e. The first-order chi connectivity index (χ1) is 10.6. The van der Waals surface area contributed by atoms with Crippen LogP contribution in [0.5, 0.6) is 0 Å². The van der Waals surface area contributed by atoms with Crippen LogP contribution in [0.25, 0.3) is 0 Å². The minimum absolute atomic E-state index is 0.195. The maximum Gasteiger partial charge on any atom is 0.272 e. The molecule has 122 valence electrons. The predicted molar refractivity (Wildman–Crippen MR) is 87.9 cm³/mol. The van der Waals surface area contributed by atoms with E-state index in [1.807, 2.05) is 13.1 Å². The van der Waals surface area contributed by atoms with Crippen molar-refractivity contribution < 1.29 is 4.79 Å². The molecule has 0 aromatic carbocycles. The Morgan fingerprint density at radius 3 is 2.55 bits per heavy atom. The molecule has 2 fully saturated rings. The highest BCUT2D eigenvalue weighted by Crippen LogP contribution is 2.35. The van der Waals surface area contributed by atoms with Crippen molar-refractivity contribution in [3.8, 4) is 0 Å². The minimum atomic E-state index is 0.195. The van der Waals surface area contributed by atoms with Gasteiger partial charge in [-0.1, -0.05) is 33.1 Å². The fourth-order valence-electron chi connectivity index (χ4n) is 4.16. The summed E-state index contributed by atoms with van der Waals surface area (Å²) in [5, 5.41) is 4.52. The van der Waals surface area contributed by atoms with Crippen LogP contribution in [0.4, 0.5) is 0 Å². The highest BCUT2D eigenvalue weighted by molar-refractivity contribution is 5.93. The van der Waals surface area contributed by atoms with E-state index in [-0.39, 0.29) is 5.91 Å². The van der Waals surface area contributed by atoms with Gasteiger partial charge in [0.25, 0.3) is 5.91 Å². The fourth-order valence-corrected chi connectivity index (χ4v) is 4.16. The summed E-state index contributed by atoms with van der Waals surface area (Å²) in [4.78, 5) is 15.3. The molecule has 1 aliphatic heterocycles. The van der Waals surface area contributed by atoms with E-state index < -0.39 is 0 Å². The summed E-state index contributed by atoms with van der Waals surface area (Å²) in [5.41, 5.74) is 1.77. The molecule has 4 heteroatoms. The number of hydrogen-bond acceptors (Lipinski definition) is 2. The van der Waals surface area contributed by atoms with Gasteiger partial charge >= 0.3 is 0 Å². The molecular formula is C18H29N3O. The van der Waals surface area contributed by atoms with Crippen molar-refractivity contribution in [2.75, 3.05) is 6.54 Å². The second-order valence-corrected chi connectivity index (χ2v) is 7.34. The van der Waals surface area contributed by atoms with Crippen LogP contribution in [0.3, 0.4) is 0 Å². The normalized spacial score (nSPS) is 25.9. The van der Waals surface area contributed by atoms with Crippen molar-refractivity contribution in [2.24, 2.45) is 13.0 Å². The summed E-state index contributed by atoms with van der Waals surface area (Å²) in [6.07, 6.45) is 8.82. The van der Waals surface area contributed by atoms with Crippen molar-refractivity contribution in [3.63, 3.8) is 0 Å². The zero-order valence-corrected chi connectivity index (χ0v) is 14.2. The second kappa shape index (κ2) is 6.43. The monoisotopic (exact) mass is 303 g/mol. The zero-order chi connectivity index (χ0) is 15.7. The number of rotatable bonds is 2. The third-order valence-corrected chi connectivity index (χ3v) is 5.46. The molecule has 1 aromatic heterocycles. The smallest absolute Gasteiger partial charge is 0.272 e. The number of aromatic nitrogens is 2. The Balaban J connectivity index is 1.86. The third kappa shape index (κ3) is 2.92. The van der Waals surface area contributed by atoms with Gasteiger partial charge in [-0.3, -0.25) is 9.48 Å². The van der Waals surface area contributed by atoms with Gasteiger partial charge in [-0.05, 0) is 43.6 Å². The molecule has 2 atom stereocenters. The molecule has 0 bridgehead atoms. The van der Waals surface area contributed by atoms with Gasteiger partial charge < -0.3 is 4.90 Å². The molecule has 0 spiro atoms. The SMILES string of the molecule is CC(C)c1cc(C(=O)N2CCCC[C@H]3CCCC[C@H]32)n(C)n1. The Bertz CT molecular complexity index is 534. The lowest BCUT2D eigenvalue weighted by atomic mass is 9.81. The highest BCUT2D eigenvalue weighted by Gasteiger charge is 2.35. The Kier molecular flexibility index (Phi) is 4.55. The quantitative estimate of drug-likeness (QED) is 0.835. The van der Waals surface area contributed by atoms with Crippen LogP contribution >= 0.6 is 0 Å². The van der Waals surface area contributed by atoms with Crippen LogP contribution in [0.2, 0.25) is 0 Å². The van der Waals surface area contributed by atoms with Crippen molar-refractivity contribution in [1.29, 1.82) is 0 Å². The van der Waals surface area contributed by atoms with Crippen molar-refractivity contribution in [3.05, 3.63) is 17.5 Å². The fraction of sp³-hybridized carbons (Fsp3) is 0.778. The van der Waals surface area contributed by atoms with E-state index in [0.717, 1.165) is 30.3 Å². The lowest BCUT2D eigenvalue weighted by molar-refractivity contribution is 0.0558. The Labute approximate surface area is 133 Å². The van der Waals surface area contributed by atoms with E-state index in [4.69, 9.17) is 0 Å². The first-order valence-electron chi connectivity index (χ1n) is 8.93. The Hall–Kier alpha value is -1.32. The maximum atomic E-state index is 13.1. The van der Waals surface area contributed by atoms with E-state index in [9.17, 15) is 4.79 Å². The van der Waals surface area contributed by atoms with Crippen LogP contribution in [0.15, 0.2) is 6.07 Å². The molecule has 0 unspecified atom stereocenters. The molecule has 2 heterocycles. The van der Waals surface area contributed by atoms with Gasteiger partial charge in [0, 0.05) is 19.6 Å². The average molecular weight is 303 g/mol. The molecule has 0 N–H and O–H groups in total. The van der Waals surface area contributed by atoms with E-state index in [1.165, 1.54) is 38.5 Å². The molecule has 1 saturated carbocycles. The highest BCUT2D eigenvalue weighted by atomic mass is 16.2. The van der Waals surface area contributed by atoms with Crippen molar-refractivity contribution in [2.45, 2.75) is 70.8 Å². The number of fused-ring (bicyclic) bond motifs is 1. The second-order valence-electron chi connectivity index (χ2n) is 7.34. The first-order valence-corrected chi connectivity index (χ1v) is 8.93. The van der Waals surface area contributed by atoms with Gasteiger partial charge in [-0.2, -0.15) is 5.10 Å². The summed E-state index contributed by atoms with van der Waals surface area (Å²) < 4.78 is 1.78. The number of carbonyl (C=O) groups is 1. The molecule has 0 radical (unpaired) electrons. The lowest BCUT2D eigenvalue weighted by Crippen LogP contribution is -2.45. The summed E-state index contributed by atoms with van der Waals surface area (Å²) >= 11 is 0. The number of aryl methyl sites for hydroxylation is 1. The van der Waals surface area contributed by atoms with Crippen LogP contribution in [-0.2, 0) is 7.05 Å². The number of hydrogen-bond donors (Lipinski definition) is 0. The first kappa shape index (κ1) is 15.6. The molecule has 22 heavy (non-hydrogen) atoms. The van der Waals surface area contributed by atoms with E-state index >= 15 is 0 Å². The van der Waals surface area contributed by atoms with Gasteiger partial charge in [0.1, 0.15) is 5.69 Å².